The average molecular weight is 270 g/mol. The van der Waals surface area contributed by atoms with E-state index in [1.165, 1.54) is 12.1 Å². The van der Waals surface area contributed by atoms with E-state index in [0.29, 0.717) is 0 Å². The molecule has 1 amide bonds. The number of anilines is 1. The number of ether oxygens (including phenoxy) is 1. The Morgan fingerprint density at radius 2 is 2.16 bits per heavy atom. The lowest BCUT2D eigenvalue weighted by atomic mass is 10.1. The van der Waals surface area contributed by atoms with Crippen LogP contribution in [0.1, 0.15) is 32.4 Å². The number of rotatable bonds is 3. The minimum Gasteiger partial charge on any atom is -0.444 e. The van der Waals surface area contributed by atoms with Gasteiger partial charge in [0.1, 0.15) is 11.4 Å². The van der Waals surface area contributed by atoms with Crippen molar-refractivity contribution in [3.8, 4) is 0 Å². The minimum absolute atomic E-state index is 0.0736. The van der Waals surface area contributed by atoms with E-state index in [1.54, 1.807) is 20.8 Å². The fourth-order valence-corrected chi connectivity index (χ4v) is 1.42. The van der Waals surface area contributed by atoms with Gasteiger partial charge in [0.15, 0.2) is 0 Å². The molecular weight excluding hydrogens is 251 g/mol. The number of hydrogen-bond acceptors (Lipinski definition) is 4. The van der Waals surface area contributed by atoms with Crippen molar-refractivity contribution in [3.63, 3.8) is 0 Å². The highest BCUT2D eigenvalue weighted by atomic mass is 19.1. The highest BCUT2D eigenvalue weighted by Gasteiger charge is 2.17. The number of carbonyl (C=O) groups excluding carboxylic acids is 1. The molecule has 0 aliphatic rings. The van der Waals surface area contributed by atoms with Gasteiger partial charge in [-0.2, -0.15) is 0 Å². The fraction of sp³-hybridized carbons (Fsp3) is 0.462. The normalized spacial score (nSPS) is 12.9. The SMILES string of the molecule is CC(C)(C)OC(=O)Nc1ccc([C@@H](O)CN)c(F)c1. The van der Waals surface area contributed by atoms with Gasteiger partial charge in [-0.3, -0.25) is 5.32 Å². The van der Waals surface area contributed by atoms with E-state index in [9.17, 15) is 14.3 Å². The quantitative estimate of drug-likeness (QED) is 0.785. The Hall–Kier alpha value is -1.66. The summed E-state index contributed by atoms with van der Waals surface area (Å²) in [5.41, 5.74) is 4.97. The van der Waals surface area contributed by atoms with Crippen LogP contribution in [0.25, 0.3) is 0 Å². The van der Waals surface area contributed by atoms with E-state index in [-0.39, 0.29) is 17.8 Å². The van der Waals surface area contributed by atoms with Gasteiger partial charge in [0.05, 0.1) is 6.10 Å². The number of amides is 1. The summed E-state index contributed by atoms with van der Waals surface area (Å²) in [4.78, 5) is 11.5. The van der Waals surface area contributed by atoms with Crippen LogP contribution in [0, 0.1) is 5.82 Å². The van der Waals surface area contributed by atoms with Crippen molar-refractivity contribution in [3.05, 3.63) is 29.6 Å². The maximum atomic E-state index is 13.7. The molecule has 0 heterocycles. The van der Waals surface area contributed by atoms with Gasteiger partial charge in [0, 0.05) is 17.8 Å². The van der Waals surface area contributed by atoms with Crippen molar-refractivity contribution in [2.45, 2.75) is 32.5 Å². The highest BCUT2D eigenvalue weighted by molar-refractivity contribution is 5.84. The van der Waals surface area contributed by atoms with Gasteiger partial charge in [-0.15, -0.1) is 0 Å². The number of nitrogens with two attached hydrogens (primary N) is 1. The van der Waals surface area contributed by atoms with E-state index in [1.807, 2.05) is 0 Å². The third kappa shape index (κ3) is 4.84. The molecule has 1 atom stereocenters. The molecule has 0 unspecified atom stereocenters. The first-order valence-corrected chi connectivity index (χ1v) is 5.90. The lowest BCUT2D eigenvalue weighted by Crippen LogP contribution is -2.27. The molecule has 0 aromatic heterocycles. The second-order valence-corrected chi connectivity index (χ2v) is 5.11. The van der Waals surface area contributed by atoms with E-state index < -0.39 is 23.6 Å². The Labute approximate surface area is 111 Å². The fourth-order valence-electron chi connectivity index (χ4n) is 1.42. The van der Waals surface area contributed by atoms with Gasteiger partial charge in [-0.25, -0.2) is 9.18 Å². The molecule has 1 aromatic rings. The van der Waals surface area contributed by atoms with Crippen LogP contribution in [0.5, 0.6) is 0 Å². The highest BCUT2D eigenvalue weighted by Crippen LogP contribution is 2.20. The number of carbonyl (C=O) groups is 1. The summed E-state index contributed by atoms with van der Waals surface area (Å²) in [5, 5.41) is 11.9. The van der Waals surface area contributed by atoms with Gasteiger partial charge < -0.3 is 15.6 Å². The summed E-state index contributed by atoms with van der Waals surface area (Å²) in [6.07, 6.45) is -1.73. The molecular formula is C13H19FN2O3. The molecule has 0 aliphatic carbocycles. The lowest BCUT2D eigenvalue weighted by Gasteiger charge is -2.20. The standard InChI is InChI=1S/C13H19FN2O3/c1-13(2,3)19-12(18)16-8-4-5-9(10(14)6-8)11(17)7-15/h4-6,11,17H,7,15H2,1-3H3,(H,16,18)/t11-/m0/s1. The monoisotopic (exact) mass is 270 g/mol. The van der Waals surface area contributed by atoms with Crippen LogP contribution in [-0.4, -0.2) is 23.3 Å². The molecule has 1 aromatic carbocycles. The molecule has 6 heteroatoms. The van der Waals surface area contributed by atoms with Gasteiger partial charge in [0.2, 0.25) is 0 Å². The smallest absolute Gasteiger partial charge is 0.412 e. The predicted molar refractivity (Wildman–Crippen MR) is 70.3 cm³/mol. The summed E-state index contributed by atoms with van der Waals surface area (Å²) in [5.74, 6) is -0.633. The van der Waals surface area contributed by atoms with Gasteiger partial charge >= 0.3 is 6.09 Å². The molecule has 0 saturated heterocycles. The zero-order valence-corrected chi connectivity index (χ0v) is 11.2. The van der Waals surface area contributed by atoms with Crippen molar-refractivity contribution in [1.82, 2.24) is 0 Å². The molecule has 0 fully saturated rings. The van der Waals surface area contributed by atoms with Crippen LogP contribution < -0.4 is 11.1 Å². The Morgan fingerprint density at radius 1 is 1.53 bits per heavy atom. The van der Waals surface area contributed by atoms with Crippen LogP contribution in [0.2, 0.25) is 0 Å². The molecule has 1 rings (SSSR count). The molecule has 106 valence electrons. The largest absolute Gasteiger partial charge is 0.444 e. The molecule has 5 nitrogen and oxygen atoms in total. The van der Waals surface area contributed by atoms with Crippen molar-refractivity contribution in [1.29, 1.82) is 0 Å². The van der Waals surface area contributed by atoms with Gasteiger partial charge in [-0.05, 0) is 32.9 Å². The molecule has 0 radical (unpaired) electrons. The molecule has 19 heavy (non-hydrogen) atoms. The summed E-state index contributed by atoms with van der Waals surface area (Å²) < 4.78 is 18.7. The zero-order chi connectivity index (χ0) is 14.6. The predicted octanol–water partition coefficient (Wildman–Crippen LogP) is 2.16. The summed E-state index contributed by atoms with van der Waals surface area (Å²) >= 11 is 0. The lowest BCUT2D eigenvalue weighted by molar-refractivity contribution is 0.0636. The Kier molecular flexibility index (Phi) is 4.85. The number of nitrogens with one attached hydrogen (secondary N) is 1. The first kappa shape index (κ1) is 15.4. The summed E-state index contributed by atoms with van der Waals surface area (Å²) in [7, 11) is 0. The van der Waals surface area contributed by atoms with E-state index >= 15 is 0 Å². The number of halogens is 1. The molecule has 0 aliphatic heterocycles. The van der Waals surface area contributed by atoms with Crippen molar-refractivity contribution < 1.29 is 19.0 Å². The Bertz CT molecular complexity index is 458. The van der Waals surface area contributed by atoms with Gasteiger partial charge in [-0.1, -0.05) is 6.07 Å². The van der Waals surface area contributed by atoms with Crippen LogP contribution in [0.15, 0.2) is 18.2 Å². The van der Waals surface area contributed by atoms with E-state index in [4.69, 9.17) is 10.5 Å². The zero-order valence-electron chi connectivity index (χ0n) is 11.2. The number of benzene rings is 1. The van der Waals surface area contributed by atoms with E-state index in [0.717, 1.165) is 6.07 Å². The van der Waals surface area contributed by atoms with Crippen LogP contribution >= 0.6 is 0 Å². The first-order valence-electron chi connectivity index (χ1n) is 5.90. The van der Waals surface area contributed by atoms with Crippen LogP contribution in [0.4, 0.5) is 14.9 Å². The van der Waals surface area contributed by atoms with Crippen LogP contribution in [-0.2, 0) is 4.74 Å². The topological polar surface area (TPSA) is 84.6 Å². The third-order valence-electron chi connectivity index (χ3n) is 2.23. The van der Waals surface area contributed by atoms with Crippen molar-refractivity contribution >= 4 is 11.8 Å². The number of aliphatic hydroxyl groups excluding tert-OH is 1. The van der Waals surface area contributed by atoms with E-state index in [2.05, 4.69) is 5.32 Å². The van der Waals surface area contributed by atoms with Crippen LogP contribution in [0.3, 0.4) is 0 Å². The molecule has 4 N–H and O–H groups in total. The summed E-state index contributed by atoms with van der Waals surface area (Å²) in [6, 6.07) is 3.96. The molecule has 0 saturated carbocycles. The average Bonchev–Trinajstić information content (AvgIpc) is 2.25. The Morgan fingerprint density at radius 3 is 2.63 bits per heavy atom. The molecule has 0 bridgehead atoms. The number of aliphatic hydroxyl groups is 1. The van der Waals surface area contributed by atoms with Crippen molar-refractivity contribution in [2.24, 2.45) is 5.73 Å². The first-order chi connectivity index (χ1) is 8.73. The molecule has 0 spiro atoms. The van der Waals surface area contributed by atoms with Gasteiger partial charge in [0.25, 0.3) is 0 Å². The maximum Gasteiger partial charge on any atom is 0.412 e. The summed E-state index contributed by atoms with van der Waals surface area (Å²) in [6.45, 7) is 5.12. The maximum absolute atomic E-state index is 13.7. The second kappa shape index (κ2) is 5.99. The Balaban J connectivity index is 2.76. The minimum atomic E-state index is -1.06. The number of hydrogen-bond donors (Lipinski definition) is 3. The van der Waals surface area contributed by atoms with Crippen molar-refractivity contribution in [2.75, 3.05) is 11.9 Å². The third-order valence-corrected chi connectivity index (χ3v) is 2.23. The second-order valence-electron chi connectivity index (χ2n) is 5.11.